The average molecular weight is 1570 g/mol. The number of hydrogen-bond donors (Lipinski definition) is 20. The van der Waals surface area contributed by atoms with Gasteiger partial charge in [0.25, 0.3) is 0 Å². The minimum absolute atomic E-state index is 0.000923. The first-order chi connectivity index (χ1) is 53.0. The minimum atomic E-state index is -1.79. The number of fused-ring (bicyclic) bond motifs is 1. The molecule has 33 nitrogen and oxygen atoms in total. The van der Waals surface area contributed by atoms with Crippen LogP contribution in [0.3, 0.4) is 0 Å². The van der Waals surface area contributed by atoms with Crippen LogP contribution in [0.15, 0.2) is 134 Å². The molecule has 1 aliphatic heterocycles. The van der Waals surface area contributed by atoms with E-state index in [0.717, 1.165) is 15.8 Å². The van der Waals surface area contributed by atoms with E-state index in [9.17, 15) is 93.0 Å². The van der Waals surface area contributed by atoms with E-state index in [1.54, 1.807) is 74.8 Å². The summed E-state index contributed by atoms with van der Waals surface area (Å²) >= 11 is 5.69. The number of aliphatic hydroxyl groups excluding tert-OH is 2. The molecule has 35 heteroatoms. The van der Waals surface area contributed by atoms with Gasteiger partial charge >= 0.3 is 5.97 Å². The molecule has 2 heterocycles. The Kier molecular flexibility index (Phi) is 33.4. The lowest BCUT2D eigenvalue weighted by atomic mass is 10.0. The van der Waals surface area contributed by atoms with Gasteiger partial charge in [-0.15, -0.1) is 0 Å². The van der Waals surface area contributed by atoms with Crippen LogP contribution in [0.2, 0.25) is 0 Å². The number of aliphatic hydroxyl groups is 2. The van der Waals surface area contributed by atoms with Gasteiger partial charge in [0, 0.05) is 61.5 Å². The van der Waals surface area contributed by atoms with Gasteiger partial charge in [-0.1, -0.05) is 98.8 Å². The van der Waals surface area contributed by atoms with Gasteiger partial charge in [-0.25, -0.2) is 4.79 Å². The number of para-hydroxylation sites is 1. The van der Waals surface area contributed by atoms with E-state index >= 15 is 0 Å². The number of nitrogens with two attached hydrogens (primary N) is 1. The van der Waals surface area contributed by atoms with E-state index in [4.69, 9.17) is 5.73 Å². The molecule has 0 aliphatic carbocycles. The molecule has 0 unspecified atom stereocenters. The topological polar surface area (TPSA) is 521 Å². The fourth-order valence-corrected chi connectivity index (χ4v) is 13.0. The first-order valence-electron chi connectivity index (χ1n) is 35.8. The van der Waals surface area contributed by atoms with Gasteiger partial charge in [0.15, 0.2) is 0 Å². The summed E-state index contributed by atoms with van der Waals surface area (Å²) in [7, 11) is 0. The van der Waals surface area contributed by atoms with Gasteiger partial charge in [-0.3, -0.25) is 57.5 Å². The Hall–Kier alpha value is -11.3. The molecule has 7 rings (SSSR count). The zero-order valence-corrected chi connectivity index (χ0v) is 63.2. The number of amides is 12. The van der Waals surface area contributed by atoms with Gasteiger partial charge in [-0.05, 0) is 114 Å². The van der Waals surface area contributed by atoms with Crippen molar-refractivity contribution in [2.75, 3.05) is 44.0 Å². The predicted octanol–water partition coefficient (Wildman–Crippen LogP) is -1.49. The number of carbonyl (C=O) groups is 13. The number of thioether (sulfide) groups is 1. The number of phenols is 3. The van der Waals surface area contributed by atoms with Gasteiger partial charge in [0.2, 0.25) is 70.9 Å². The largest absolute Gasteiger partial charge is 0.508 e. The third-order valence-corrected chi connectivity index (χ3v) is 19.3. The summed E-state index contributed by atoms with van der Waals surface area (Å²) < 4.78 is 0. The van der Waals surface area contributed by atoms with Crippen LogP contribution in [-0.4, -0.2) is 234 Å². The minimum Gasteiger partial charge on any atom is -0.508 e. The van der Waals surface area contributed by atoms with E-state index in [0.29, 0.717) is 33.6 Å². The quantitative estimate of drug-likeness (QED) is 0.0194. The number of aromatic amines is 1. The number of phenolic OH excluding ortho intramolecular Hbond substituents is 3. The summed E-state index contributed by atoms with van der Waals surface area (Å²) in [5, 5.41) is 90.9. The number of carboxylic acid groups (broad SMARTS) is 1. The Labute approximate surface area is 649 Å². The number of carbonyl (C=O) groups excluding carboxylic acids is 12. The molecule has 20 N–H and O–H groups in total. The number of aromatic nitrogens is 1. The molecule has 111 heavy (non-hydrogen) atoms. The van der Waals surface area contributed by atoms with Gasteiger partial charge < -0.3 is 105 Å². The first-order valence-corrected chi connectivity index (χ1v) is 37.9. The molecule has 0 bridgehead atoms. The molecule has 0 spiro atoms. The number of carboxylic acids is 1. The lowest BCUT2D eigenvalue weighted by molar-refractivity contribution is -0.143. The van der Waals surface area contributed by atoms with E-state index in [-0.39, 0.29) is 80.9 Å². The smallest absolute Gasteiger partial charge is 0.326 e. The van der Waals surface area contributed by atoms with E-state index in [2.05, 4.69) is 76.1 Å². The number of nitrogens with one attached hydrogen (secondary N) is 12. The predicted molar refractivity (Wildman–Crippen MR) is 412 cm³/mol. The van der Waals surface area contributed by atoms with Crippen LogP contribution in [-0.2, 0) is 94.4 Å². The molecule has 0 saturated carbocycles. The van der Waals surface area contributed by atoms with Crippen molar-refractivity contribution in [2.24, 2.45) is 11.7 Å². The molecule has 12 atom stereocenters. The highest BCUT2D eigenvalue weighted by atomic mass is 32.2. The second-order valence-corrected chi connectivity index (χ2v) is 28.4. The van der Waals surface area contributed by atoms with Crippen molar-refractivity contribution >= 4 is 112 Å². The highest BCUT2D eigenvalue weighted by molar-refractivity contribution is 7.98. The van der Waals surface area contributed by atoms with Crippen LogP contribution < -0.4 is 64.2 Å². The fourth-order valence-electron chi connectivity index (χ4n) is 12.2. The number of likely N-dealkylation sites (tertiary alicyclic amines) is 1. The number of aromatic hydroxyl groups is 3. The zero-order valence-electron chi connectivity index (χ0n) is 61.5. The van der Waals surface area contributed by atoms with Crippen LogP contribution in [0, 0.1) is 5.92 Å². The number of H-pyrrole nitrogens is 1. The maximum Gasteiger partial charge on any atom is 0.326 e. The maximum absolute atomic E-state index is 14.9. The van der Waals surface area contributed by atoms with Crippen LogP contribution in [0.1, 0.15) is 67.9 Å². The molecule has 1 aromatic heterocycles. The van der Waals surface area contributed by atoms with Crippen LogP contribution >= 0.6 is 24.4 Å². The monoisotopic (exact) mass is 1570 g/mol. The lowest BCUT2D eigenvalue weighted by Gasteiger charge is -2.31. The molecule has 0 radical (unpaired) electrons. The number of aliphatic carboxylic acids is 1. The Morgan fingerprint density at radius 1 is 0.523 bits per heavy atom. The first kappa shape index (κ1) is 87.0. The van der Waals surface area contributed by atoms with E-state index in [1.165, 1.54) is 91.5 Å². The SMILES string of the molecule is CSCC[C@H](NC(=O)[C@H](CS)NC(=O)[C@H](Cc1ccc(O)cc1)NC(=O)[C@H](Cc1ccc(O)cc1)NC(=O)[C@@H]1CCCN1C(=O)[C@H](CO)NC(=O)[C@H](Cc1ccc(O)cc1)NC(=O)[C@@H](NC(=O)[C@@H](NC(=O)CN)C(C)C)[C@@H](C)O)C(=O)NCC(=O)N[C@@H](Cc1c[nH]c2ccccc12)C(=O)N[C@@H](Cc1ccccc1)C(=O)O. The Balaban J connectivity index is 1.05. The third kappa shape index (κ3) is 26.2. The third-order valence-electron chi connectivity index (χ3n) is 18.3. The fraction of sp³-hybridized carbons (Fsp3) is 0.408. The van der Waals surface area contributed by atoms with E-state index < -0.39 is 175 Å². The van der Waals surface area contributed by atoms with Gasteiger partial charge in [0.05, 0.1) is 25.8 Å². The maximum atomic E-state index is 14.9. The molecule has 1 fully saturated rings. The van der Waals surface area contributed by atoms with Crippen molar-refractivity contribution in [3.63, 3.8) is 0 Å². The highest BCUT2D eigenvalue weighted by Gasteiger charge is 2.42. The van der Waals surface area contributed by atoms with Crippen molar-refractivity contribution in [3.05, 3.63) is 161 Å². The number of hydrogen-bond acceptors (Lipinski definition) is 21. The molecule has 6 aromatic rings. The van der Waals surface area contributed by atoms with Crippen molar-refractivity contribution in [1.82, 2.24) is 68.4 Å². The summed E-state index contributed by atoms with van der Waals surface area (Å²) in [5.41, 5.74) is 8.56. The Morgan fingerprint density at radius 3 is 1.50 bits per heavy atom. The number of benzene rings is 5. The van der Waals surface area contributed by atoms with Crippen molar-refractivity contribution < 1.29 is 93.0 Å². The molecular weight excluding hydrogens is 1480 g/mol. The van der Waals surface area contributed by atoms with Crippen molar-refractivity contribution in [2.45, 2.75) is 145 Å². The summed E-state index contributed by atoms with van der Waals surface area (Å²) in [6, 6.07) is 16.0. The lowest BCUT2D eigenvalue weighted by Crippen LogP contribution is -2.62. The number of thiol groups is 1. The van der Waals surface area contributed by atoms with Crippen molar-refractivity contribution in [1.29, 1.82) is 0 Å². The molecule has 5 aromatic carbocycles. The number of rotatable bonds is 41. The van der Waals surface area contributed by atoms with Gasteiger partial charge in [0.1, 0.15) is 83.7 Å². The summed E-state index contributed by atoms with van der Waals surface area (Å²) in [6.07, 6.45) is 0.910. The zero-order chi connectivity index (χ0) is 81.0. The number of nitrogens with zero attached hydrogens (tertiary/aromatic N) is 1. The second kappa shape index (κ2) is 42.6. The highest BCUT2D eigenvalue weighted by Crippen LogP contribution is 2.23. The average Bonchev–Trinajstić information content (AvgIpc) is 1.70. The molecule has 12 amide bonds. The molecular formula is C76H96N14O19S2. The normalized spacial score (nSPS) is 15.5. The molecule has 1 saturated heterocycles. The molecule has 596 valence electrons. The summed E-state index contributed by atoms with van der Waals surface area (Å²) in [4.78, 5) is 186. The second-order valence-electron chi connectivity index (χ2n) is 27.0. The van der Waals surface area contributed by atoms with Crippen LogP contribution in [0.4, 0.5) is 0 Å². The Morgan fingerprint density at radius 2 is 0.982 bits per heavy atom. The standard InChI is InChI=1S/C76H96N14O19S2/c1-41(2)64(88-62(96)36-77)73(105)89-65(42(3)92)74(106)84-56(33-46-20-26-50(95)27-21-46)68(100)86-59(39-91)75(107)90-29-10-15-61(90)72(104)83-55(32-45-18-24-49(94)25-19-45)67(99)82-54(31-44-16-22-48(93)23-17-44)69(101)87-60(40-110)71(103)81-53(28-30-111-4)66(98)79-38-63(97)80-57(35-47-37-78-52-14-9-8-13-51(47)52)70(102)85-58(76(108)109)34-43-11-6-5-7-12-43/h5-9,11-14,16-27,37,41-42,53-61,64-65,78,91-95,110H,10,15,28-36,38-40,77H2,1-4H3,(H,79,98)(H,80,97)(H,81,103)(H,82,99)(H,83,104)(H,84,106)(H,85,102)(H,86,100)(H,87,101)(H,88,96)(H,89,105)(H,108,109)/t42-,53+,54+,55+,56+,57+,58+,59+,60+,61+,64+,65+/m1/s1. The van der Waals surface area contributed by atoms with Crippen LogP contribution in [0.25, 0.3) is 10.9 Å². The molecule has 1 aliphatic rings. The van der Waals surface area contributed by atoms with Gasteiger partial charge in [-0.2, -0.15) is 24.4 Å². The summed E-state index contributed by atoms with van der Waals surface area (Å²) in [6.45, 7) is 2.08. The Bertz CT molecular complexity index is 4210. The van der Waals surface area contributed by atoms with E-state index in [1.807, 2.05) is 6.07 Å². The van der Waals surface area contributed by atoms with Crippen molar-refractivity contribution in [3.8, 4) is 17.2 Å². The summed E-state index contributed by atoms with van der Waals surface area (Å²) in [5.74, 6) is -13.3. The van der Waals surface area contributed by atoms with Crippen LogP contribution in [0.5, 0.6) is 17.2 Å².